The van der Waals surface area contributed by atoms with Crippen LogP contribution in [-0.2, 0) is 14.3 Å². The molecule has 0 radical (unpaired) electrons. The Balaban J connectivity index is 1.62. The molecule has 0 fully saturated rings. The Morgan fingerprint density at radius 2 is 1.62 bits per heavy atom. The Hall–Kier alpha value is -3.75. The minimum atomic E-state index is -2.84. The molecule has 0 saturated heterocycles. The van der Waals surface area contributed by atoms with Gasteiger partial charge in [0, 0.05) is 25.0 Å². The second-order valence-corrected chi connectivity index (χ2v) is 7.14. The van der Waals surface area contributed by atoms with Crippen LogP contribution in [0.25, 0.3) is 11.1 Å². The van der Waals surface area contributed by atoms with Crippen molar-refractivity contribution in [1.82, 2.24) is 10.6 Å². The highest BCUT2D eigenvalue weighted by molar-refractivity contribution is 5.86. The van der Waals surface area contributed by atoms with E-state index in [4.69, 9.17) is 9.84 Å². The van der Waals surface area contributed by atoms with Crippen LogP contribution < -0.4 is 10.6 Å². The minimum absolute atomic E-state index is 0.0236. The fourth-order valence-corrected chi connectivity index (χ4v) is 3.63. The molecular formula is C23H22F2N2O5. The molecule has 0 heterocycles. The van der Waals surface area contributed by atoms with Crippen molar-refractivity contribution in [3.63, 3.8) is 0 Å². The number of benzene rings is 2. The fourth-order valence-electron chi connectivity index (χ4n) is 3.63. The first-order valence-electron chi connectivity index (χ1n) is 9.93. The molecule has 1 unspecified atom stereocenters. The van der Waals surface area contributed by atoms with Gasteiger partial charge in [-0.15, -0.1) is 0 Å². The van der Waals surface area contributed by atoms with Crippen LogP contribution in [0.1, 0.15) is 23.5 Å². The predicted octanol–water partition coefficient (Wildman–Crippen LogP) is 3.31. The van der Waals surface area contributed by atoms with Gasteiger partial charge in [0.25, 0.3) is 0 Å². The van der Waals surface area contributed by atoms with E-state index in [1.54, 1.807) is 0 Å². The Kier molecular flexibility index (Phi) is 7.54. The van der Waals surface area contributed by atoms with E-state index < -0.39 is 36.9 Å². The van der Waals surface area contributed by atoms with Crippen molar-refractivity contribution in [1.29, 1.82) is 0 Å². The number of hydrogen-bond acceptors (Lipinski definition) is 4. The zero-order chi connectivity index (χ0) is 23.1. The predicted molar refractivity (Wildman–Crippen MR) is 112 cm³/mol. The van der Waals surface area contributed by atoms with Crippen LogP contribution in [-0.4, -0.2) is 48.7 Å². The molecule has 1 aliphatic carbocycles. The van der Waals surface area contributed by atoms with Crippen molar-refractivity contribution in [3.8, 4) is 11.1 Å². The second kappa shape index (κ2) is 10.5. The van der Waals surface area contributed by atoms with Gasteiger partial charge in [-0.2, -0.15) is 0 Å². The first-order valence-corrected chi connectivity index (χ1v) is 9.93. The van der Waals surface area contributed by atoms with Crippen LogP contribution in [0, 0.1) is 0 Å². The number of carbonyl (C=O) groups is 3. The molecule has 2 amide bonds. The fraction of sp³-hybridized carbons (Fsp3) is 0.261. The third-order valence-corrected chi connectivity index (χ3v) is 5.02. The van der Waals surface area contributed by atoms with E-state index in [0.29, 0.717) is 0 Å². The maximum atomic E-state index is 12.9. The van der Waals surface area contributed by atoms with Crippen LogP contribution in [0.3, 0.4) is 0 Å². The Labute approximate surface area is 183 Å². The van der Waals surface area contributed by atoms with Crippen LogP contribution in [0.2, 0.25) is 0 Å². The zero-order valence-corrected chi connectivity index (χ0v) is 17.0. The highest BCUT2D eigenvalue weighted by Crippen LogP contribution is 2.44. The van der Waals surface area contributed by atoms with E-state index in [1.807, 2.05) is 48.5 Å². The van der Waals surface area contributed by atoms with Gasteiger partial charge in [0.1, 0.15) is 12.6 Å². The maximum Gasteiger partial charge on any atom is 0.407 e. The van der Waals surface area contributed by atoms with E-state index in [1.165, 1.54) is 0 Å². The third kappa shape index (κ3) is 5.69. The molecule has 1 aliphatic rings. The second-order valence-electron chi connectivity index (χ2n) is 7.14. The molecule has 2 aromatic carbocycles. The third-order valence-electron chi connectivity index (χ3n) is 5.02. The lowest BCUT2D eigenvalue weighted by molar-refractivity contribution is -0.131. The Bertz CT molecular complexity index is 979. The first-order chi connectivity index (χ1) is 15.4. The van der Waals surface area contributed by atoms with E-state index in [9.17, 15) is 23.2 Å². The Morgan fingerprint density at radius 3 is 2.19 bits per heavy atom. The van der Waals surface area contributed by atoms with Crippen molar-refractivity contribution in [3.05, 3.63) is 71.8 Å². The summed E-state index contributed by atoms with van der Waals surface area (Å²) < 4.78 is 31.1. The molecule has 7 nitrogen and oxygen atoms in total. The van der Waals surface area contributed by atoms with Crippen LogP contribution in [0.5, 0.6) is 0 Å². The molecule has 32 heavy (non-hydrogen) atoms. The van der Waals surface area contributed by atoms with Crippen molar-refractivity contribution in [2.45, 2.75) is 24.8 Å². The number of alkyl halides is 2. The largest absolute Gasteiger partial charge is 0.478 e. The van der Waals surface area contributed by atoms with Crippen LogP contribution in [0.15, 0.2) is 60.7 Å². The van der Waals surface area contributed by atoms with Crippen molar-refractivity contribution >= 4 is 18.0 Å². The van der Waals surface area contributed by atoms with Crippen molar-refractivity contribution < 1.29 is 33.0 Å². The highest BCUT2D eigenvalue weighted by atomic mass is 19.3. The number of fused-ring (bicyclic) bond motifs is 3. The van der Waals surface area contributed by atoms with Gasteiger partial charge < -0.3 is 20.5 Å². The summed E-state index contributed by atoms with van der Waals surface area (Å²) in [6.07, 6.45) is -2.78. The summed E-state index contributed by atoms with van der Waals surface area (Å²) in [6.45, 7) is -0.207. The van der Waals surface area contributed by atoms with E-state index in [0.717, 1.165) is 34.4 Å². The quantitative estimate of drug-likeness (QED) is 0.515. The number of aliphatic carboxylic acids is 1. The summed E-state index contributed by atoms with van der Waals surface area (Å²) in [5.41, 5.74) is 4.07. The molecule has 9 heteroatoms. The molecule has 3 rings (SSSR count). The number of amides is 2. The lowest BCUT2D eigenvalue weighted by Crippen LogP contribution is -2.48. The molecular weight excluding hydrogens is 422 g/mol. The summed E-state index contributed by atoms with van der Waals surface area (Å²) in [5, 5.41) is 13.0. The molecule has 0 aliphatic heterocycles. The van der Waals surface area contributed by atoms with Gasteiger partial charge in [-0.25, -0.2) is 18.4 Å². The SMILES string of the molecule is O=C(O)/C=C/CNC(=O)C(CC(F)F)NC(=O)OCC1c2ccccc2-c2ccccc21. The molecule has 3 N–H and O–H groups in total. The number of carboxylic acids is 1. The number of nitrogens with one attached hydrogen (secondary N) is 2. The molecule has 0 spiro atoms. The lowest BCUT2D eigenvalue weighted by atomic mass is 9.98. The highest BCUT2D eigenvalue weighted by Gasteiger charge is 2.30. The number of carbonyl (C=O) groups excluding carboxylic acids is 2. The number of hydrogen-bond donors (Lipinski definition) is 3. The van der Waals surface area contributed by atoms with Gasteiger partial charge in [-0.1, -0.05) is 54.6 Å². The monoisotopic (exact) mass is 444 g/mol. The number of halogens is 2. The van der Waals surface area contributed by atoms with Gasteiger partial charge in [-0.3, -0.25) is 4.79 Å². The Morgan fingerprint density at radius 1 is 1.03 bits per heavy atom. The summed E-state index contributed by atoms with van der Waals surface area (Å²) in [5.74, 6) is -2.29. The number of ether oxygens (including phenoxy) is 1. The number of alkyl carbamates (subject to hydrolysis) is 1. The average Bonchev–Trinajstić information content (AvgIpc) is 3.08. The summed E-state index contributed by atoms with van der Waals surface area (Å²) >= 11 is 0. The molecule has 0 aromatic heterocycles. The zero-order valence-electron chi connectivity index (χ0n) is 17.0. The van der Waals surface area contributed by atoms with Crippen LogP contribution >= 0.6 is 0 Å². The standard InChI is InChI=1S/C23H22F2N2O5/c24-20(25)12-19(22(30)26-11-5-10-21(28)29)27-23(31)32-13-18-16-8-3-1-6-14(16)15-7-2-4-9-17(15)18/h1-10,18-20H,11-13H2,(H,26,30)(H,27,31)(H,28,29)/b10-5+. The average molecular weight is 444 g/mol. The van der Waals surface area contributed by atoms with Gasteiger partial charge in [-0.05, 0) is 22.3 Å². The molecule has 1 atom stereocenters. The van der Waals surface area contributed by atoms with Crippen molar-refractivity contribution in [2.24, 2.45) is 0 Å². The summed E-state index contributed by atoms with van der Waals surface area (Å²) in [6, 6.07) is 13.9. The molecule has 2 aromatic rings. The summed E-state index contributed by atoms with van der Waals surface area (Å²) in [7, 11) is 0. The summed E-state index contributed by atoms with van der Waals surface area (Å²) in [4.78, 5) is 34.9. The topological polar surface area (TPSA) is 105 Å². The lowest BCUT2D eigenvalue weighted by Gasteiger charge is -2.19. The maximum absolute atomic E-state index is 12.9. The smallest absolute Gasteiger partial charge is 0.407 e. The van der Waals surface area contributed by atoms with Gasteiger partial charge in [0.2, 0.25) is 12.3 Å². The molecule has 0 bridgehead atoms. The first kappa shape index (κ1) is 22.9. The van der Waals surface area contributed by atoms with E-state index in [2.05, 4.69) is 10.6 Å². The van der Waals surface area contributed by atoms with Gasteiger partial charge >= 0.3 is 12.1 Å². The minimum Gasteiger partial charge on any atom is -0.478 e. The molecule has 0 saturated carbocycles. The van der Waals surface area contributed by atoms with Crippen LogP contribution in [0.4, 0.5) is 13.6 Å². The van der Waals surface area contributed by atoms with Gasteiger partial charge in [0.05, 0.1) is 0 Å². The van der Waals surface area contributed by atoms with E-state index >= 15 is 0 Å². The van der Waals surface area contributed by atoms with E-state index in [-0.39, 0.29) is 19.1 Å². The normalized spacial score (nSPS) is 13.5. The molecule has 168 valence electrons. The number of carboxylic acid groups (broad SMARTS) is 1. The van der Waals surface area contributed by atoms with Crippen molar-refractivity contribution in [2.75, 3.05) is 13.2 Å². The van der Waals surface area contributed by atoms with Gasteiger partial charge in [0.15, 0.2) is 0 Å². The number of rotatable bonds is 9.